The molecule has 0 radical (unpaired) electrons. The van der Waals surface area contributed by atoms with Crippen molar-refractivity contribution in [1.82, 2.24) is 20.1 Å². The van der Waals surface area contributed by atoms with Gasteiger partial charge in [-0.1, -0.05) is 12.1 Å². The zero-order valence-electron chi connectivity index (χ0n) is 14.3. The van der Waals surface area contributed by atoms with Crippen molar-refractivity contribution in [1.29, 1.82) is 0 Å². The minimum Gasteiger partial charge on any atom is -0.365 e. The summed E-state index contributed by atoms with van der Waals surface area (Å²) in [6, 6.07) is 10.6. The number of aromatic nitrogens is 3. The van der Waals surface area contributed by atoms with Gasteiger partial charge in [-0.15, -0.1) is 0 Å². The highest BCUT2D eigenvalue weighted by Gasteiger charge is 2.28. The number of nitrogens with one attached hydrogen (secondary N) is 1. The molecular formula is C19H17F2N5O. The minimum atomic E-state index is -0.595. The maximum Gasteiger partial charge on any atom is 0.251 e. The van der Waals surface area contributed by atoms with E-state index in [9.17, 15) is 13.6 Å². The van der Waals surface area contributed by atoms with Crippen molar-refractivity contribution in [3.63, 3.8) is 0 Å². The number of rotatable bonds is 4. The molecule has 27 heavy (non-hydrogen) atoms. The number of hydrogen-bond donors (Lipinski definition) is 1. The molecule has 1 fully saturated rings. The van der Waals surface area contributed by atoms with E-state index < -0.39 is 11.6 Å². The Morgan fingerprint density at radius 1 is 1.15 bits per heavy atom. The molecule has 3 aromatic rings. The summed E-state index contributed by atoms with van der Waals surface area (Å²) in [5, 5.41) is 6.98. The number of carbonyl (C=O) groups is 1. The number of benzene rings is 2. The number of anilines is 1. The second-order valence-corrected chi connectivity index (χ2v) is 6.37. The molecule has 138 valence electrons. The lowest BCUT2D eigenvalue weighted by Crippen LogP contribution is -2.37. The van der Waals surface area contributed by atoms with E-state index in [1.165, 1.54) is 24.5 Å². The molecule has 1 saturated heterocycles. The first kappa shape index (κ1) is 17.1. The average Bonchev–Trinajstić information content (AvgIpc) is 3.34. The fraction of sp³-hybridized carbons (Fsp3) is 0.211. The van der Waals surface area contributed by atoms with Gasteiger partial charge in [0.25, 0.3) is 5.91 Å². The third kappa shape index (κ3) is 3.51. The number of carbonyl (C=O) groups excluding carboxylic acids is 1. The molecule has 0 bridgehead atoms. The van der Waals surface area contributed by atoms with Crippen molar-refractivity contribution >= 4 is 11.6 Å². The summed E-state index contributed by atoms with van der Waals surface area (Å²) in [6.07, 6.45) is 3.58. The van der Waals surface area contributed by atoms with E-state index in [4.69, 9.17) is 0 Å². The molecule has 1 aliphatic rings. The van der Waals surface area contributed by atoms with Crippen LogP contribution in [0.4, 0.5) is 14.5 Å². The van der Waals surface area contributed by atoms with Crippen LogP contribution < -0.4 is 10.2 Å². The molecule has 1 amide bonds. The maximum atomic E-state index is 14.0. The first-order valence-corrected chi connectivity index (χ1v) is 8.57. The number of hydrogen-bond acceptors (Lipinski definition) is 4. The highest BCUT2D eigenvalue weighted by atomic mass is 19.1. The molecule has 1 aromatic heterocycles. The topological polar surface area (TPSA) is 63.1 Å². The lowest BCUT2D eigenvalue weighted by Gasteiger charge is -2.20. The van der Waals surface area contributed by atoms with Gasteiger partial charge in [0.1, 0.15) is 30.0 Å². The van der Waals surface area contributed by atoms with Gasteiger partial charge >= 0.3 is 0 Å². The molecule has 2 aromatic carbocycles. The van der Waals surface area contributed by atoms with Crippen LogP contribution in [0.1, 0.15) is 16.8 Å². The molecule has 2 heterocycles. The number of halogens is 2. The predicted molar refractivity (Wildman–Crippen MR) is 95.8 cm³/mol. The van der Waals surface area contributed by atoms with Gasteiger partial charge in [0.15, 0.2) is 0 Å². The Morgan fingerprint density at radius 3 is 2.67 bits per heavy atom. The smallest absolute Gasteiger partial charge is 0.251 e. The van der Waals surface area contributed by atoms with Crippen LogP contribution in [0.25, 0.3) is 5.69 Å². The summed E-state index contributed by atoms with van der Waals surface area (Å²) < 4.78 is 29.5. The molecule has 0 saturated carbocycles. The Balaban J connectivity index is 1.45. The monoisotopic (exact) mass is 369 g/mol. The number of para-hydroxylation sites is 1. The summed E-state index contributed by atoms with van der Waals surface area (Å²) in [7, 11) is 0. The van der Waals surface area contributed by atoms with Crippen LogP contribution in [0.5, 0.6) is 0 Å². The van der Waals surface area contributed by atoms with Crippen LogP contribution >= 0.6 is 0 Å². The van der Waals surface area contributed by atoms with E-state index >= 15 is 0 Å². The van der Waals surface area contributed by atoms with E-state index in [2.05, 4.69) is 15.4 Å². The molecule has 1 unspecified atom stereocenters. The number of nitrogens with zero attached hydrogens (tertiary/aromatic N) is 4. The van der Waals surface area contributed by atoms with Crippen LogP contribution in [-0.4, -0.2) is 39.8 Å². The Bertz CT molecular complexity index is 940. The van der Waals surface area contributed by atoms with Crippen molar-refractivity contribution in [3.05, 3.63) is 72.3 Å². The van der Waals surface area contributed by atoms with Crippen molar-refractivity contribution in [2.24, 2.45) is 0 Å². The molecule has 0 spiro atoms. The molecule has 1 N–H and O–H groups in total. The van der Waals surface area contributed by atoms with E-state index in [-0.39, 0.29) is 17.6 Å². The molecule has 8 heteroatoms. The average molecular weight is 369 g/mol. The zero-order valence-corrected chi connectivity index (χ0v) is 14.3. The van der Waals surface area contributed by atoms with Gasteiger partial charge < -0.3 is 10.2 Å². The second kappa shape index (κ2) is 7.14. The summed E-state index contributed by atoms with van der Waals surface area (Å²) >= 11 is 0. The largest absolute Gasteiger partial charge is 0.365 e. The Labute approximate surface area is 154 Å². The van der Waals surface area contributed by atoms with E-state index in [1.54, 1.807) is 34.1 Å². The van der Waals surface area contributed by atoms with Gasteiger partial charge in [-0.25, -0.2) is 18.4 Å². The van der Waals surface area contributed by atoms with Gasteiger partial charge in [0.05, 0.1) is 5.69 Å². The Hall–Kier alpha value is -3.29. The van der Waals surface area contributed by atoms with Gasteiger partial charge in [-0.2, -0.15) is 5.10 Å². The molecule has 1 atom stereocenters. The maximum absolute atomic E-state index is 14.0. The zero-order chi connectivity index (χ0) is 18.8. The van der Waals surface area contributed by atoms with Gasteiger partial charge in [-0.05, 0) is 36.8 Å². The molecule has 4 rings (SSSR count). The van der Waals surface area contributed by atoms with Crippen molar-refractivity contribution in [2.75, 3.05) is 18.0 Å². The Morgan fingerprint density at radius 2 is 1.93 bits per heavy atom. The first-order chi connectivity index (χ1) is 13.1. The highest BCUT2D eigenvalue weighted by Crippen LogP contribution is 2.26. The van der Waals surface area contributed by atoms with E-state index in [1.807, 2.05) is 6.07 Å². The van der Waals surface area contributed by atoms with Crippen molar-refractivity contribution in [3.8, 4) is 5.69 Å². The quantitative estimate of drug-likeness (QED) is 0.768. The van der Waals surface area contributed by atoms with Crippen LogP contribution in [0, 0.1) is 11.6 Å². The summed E-state index contributed by atoms with van der Waals surface area (Å²) in [4.78, 5) is 18.1. The molecule has 1 aliphatic heterocycles. The lowest BCUT2D eigenvalue weighted by molar-refractivity contribution is 0.0940. The van der Waals surface area contributed by atoms with Crippen LogP contribution in [0.2, 0.25) is 0 Å². The SMILES string of the molecule is O=C(NC1CCN(c2c(F)cccc2F)C1)c1cccc(-n2cncn2)c1. The highest BCUT2D eigenvalue weighted by molar-refractivity contribution is 5.95. The van der Waals surface area contributed by atoms with Crippen molar-refractivity contribution in [2.45, 2.75) is 12.5 Å². The first-order valence-electron chi connectivity index (χ1n) is 8.57. The second-order valence-electron chi connectivity index (χ2n) is 6.37. The summed E-state index contributed by atoms with van der Waals surface area (Å²) in [6.45, 7) is 0.828. The molecular weight excluding hydrogens is 352 g/mol. The van der Waals surface area contributed by atoms with E-state index in [0.29, 0.717) is 25.1 Å². The van der Waals surface area contributed by atoms with Gasteiger partial charge in [0.2, 0.25) is 0 Å². The standard InChI is InChI=1S/C19H17F2N5O/c20-16-5-2-6-17(21)18(16)25-8-7-14(10-25)24-19(27)13-3-1-4-15(9-13)26-12-22-11-23-26/h1-6,9,11-12,14H,7-8,10H2,(H,24,27). The number of amides is 1. The fourth-order valence-corrected chi connectivity index (χ4v) is 3.27. The molecule has 6 nitrogen and oxygen atoms in total. The van der Waals surface area contributed by atoms with Crippen LogP contribution in [0.3, 0.4) is 0 Å². The van der Waals surface area contributed by atoms with Crippen LogP contribution in [-0.2, 0) is 0 Å². The van der Waals surface area contributed by atoms with E-state index in [0.717, 1.165) is 5.69 Å². The Kier molecular flexibility index (Phi) is 4.53. The van der Waals surface area contributed by atoms with Crippen molar-refractivity contribution < 1.29 is 13.6 Å². The summed E-state index contributed by atoms with van der Waals surface area (Å²) in [5.74, 6) is -1.43. The normalized spacial score (nSPS) is 16.5. The van der Waals surface area contributed by atoms with Gasteiger partial charge in [0, 0.05) is 24.7 Å². The summed E-state index contributed by atoms with van der Waals surface area (Å²) in [5.41, 5.74) is 1.17. The molecule has 0 aliphatic carbocycles. The fourth-order valence-electron chi connectivity index (χ4n) is 3.27. The van der Waals surface area contributed by atoms with Crippen LogP contribution in [0.15, 0.2) is 55.1 Å². The predicted octanol–water partition coefficient (Wildman–Crippen LogP) is 2.55. The lowest BCUT2D eigenvalue weighted by atomic mass is 10.1. The third-order valence-corrected chi connectivity index (χ3v) is 4.57. The minimum absolute atomic E-state index is 0.0394. The third-order valence-electron chi connectivity index (χ3n) is 4.57. The van der Waals surface area contributed by atoms with Gasteiger partial charge in [-0.3, -0.25) is 4.79 Å².